The van der Waals surface area contributed by atoms with E-state index < -0.39 is 0 Å². The molecule has 0 radical (unpaired) electrons. The van der Waals surface area contributed by atoms with Gasteiger partial charge in [0.05, 0.1) is 13.7 Å². The molecule has 0 saturated carbocycles. The quantitative estimate of drug-likeness (QED) is 0.756. The van der Waals surface area contributed by atoms with Crippen molar-refractivity contribution in [3.05, 3.63) is 28.8 Å². The molecule has 1 aromatic carbocycles. The van der Waals surface area contributed by atoms with Crippen LogP contribution in [0.1, 0.15) is 42.3 Å². The van der Waals surface area contributed by atoms with Gasteiger partial charge in [-0.05, 0) is 44.0 Å². The van der Waals surface area contributed by atoms with Crippen molar-refractivity contribution in [3.8, 4) is 5.75 Å². The van der Waals surface area contributed by atoms with Gasteiger partial charge in [0.25, 0.3) is 0 Å². The number of carbonyl (C=O) groups excluding carboxylic acids is 1. The van der Waals surface area contributed by atoms with Crippen LogP contribution in [0, 0.1) is 13.8 Å². The lowest BCUT2D eigenvalue weighted by molar-refractivity contribution is 0.0596. The first kappa shape index (κ1) is 15.5. The SMILES string of the molecule is CC.CCOc1cc(C)c(C)cc1C(=O)OC. The third kappa shape index (κ3) is 4.10. The second kappa shape index (κ2) is 7.71. The fourth-order valence-corrected chi connectivity index (χ4v) is 1.33. The first-order valence-corrected chi connectivity index (χ1v) is 5.92. The summed E-state index contributed by atoms with van der Waals surface area (Å²) in [5.41, 5.74) is 2.65. The second-order valence-corrected chi connectivity index (χ2v) is 3.36. The number of benzene rings is 1. The van der Waals surface area contributed by atoms with Crippen LogP contribution in [0.3, 0.4) is 0 Å². The van der Waals surface area contributed by atoms with E-state index in [0.29, 0.717) is 17.9 Å². The summed E-state index contributed by atoms with van der Waals surface area (Å²) in [6.45, 7) is 10.4. The van der Waals surface area contributed by atoms with E-state index in [9.17, 15) is 4.79 Å². The molecule has 0 heterocycles. The first-order chi connectivity index (χ1) is 8.10. The molecule has 0 aliphatic heterocycles. The van der Waals surface area contributed by atoms with Crippen LogP contribution in [0.15, 0.2) is 12.1 Å². The van der Waals surface area contributed by atoms with Crippen molar-refractivity contribution >= 4 is 5.97 Å². The lowest BCUT2D eigenvalue weighted by Gasteiger charge is -2.11. The van der Waals surface area contributed by atoms with Crippen molar-refractivity contribution in [1.82, 2.24) is 0 Å². The van der Waals surface area contributed by atoms with Crippen LogP contribution in [0.4, 0.5) is 0 Å². The fourth-order valence-electron chi connectivity index (χ4n) is 1.33. The number of aryl methyl sites for hydroxylation is 2. The summed E-state index contributed by atoms with van der Waals surface area (Å²) in [7, 11) is 1.37. The van der Waals surface area contributed by atoms with Crippen molar-refractivity contribution < 1.29 is 14.3 Å². The summed E-state index contributed by atoms with van der Waals surface area (Å²) in [5.74, 6) is 0.231. The molecular weight excluding hydrogens is 216 g/mol. The van der Waals surface area contributed by atoms with Gasteiger partial charge in [-0.2, -0.15) is 0 Å². The smallest absolute Gasteiger partial charge is 0.341 e. The van der Waals surface area contributed by atoms with Gasteiger partial charge in [-0.1, -0.05) is 13.8 Å². The second-order valence-electron chi connectivity index (χ2n) is 3.36. The molecule has 0 aliphatic carbocycles. The van der Waals surface area contributed by atoms with E-state index in [-0.39, 0.29) is 5.97 Å². The summed E-state index contributed by atoms with van der Waals surface area (Å²) in [4.78, 5) is 11.5. The highest BCUT2D eigenvalue weighted by atomic mass is 16.5. The van der Waals surface area contributed by atoms with E-state index in [1.807, 2.05) is 40.7 Å². The molecule has 0 aromatic heterocycles. The first-order valence-electron chi connectivity index (χ1n) is 5.92. The summed E-state index contributed by atoms with van der Waals surface area (Å²) < 4.78 is 10.1. The van der Waals surface area contributed by atoms with Crippen LogP contribution in [-0.4, -0.2) is 19.7 Å². The fraction of sp³-hybridized carbons (Fsp3) is 0.500. The van der Waals surface area contributed by atoms with Crippen molar-refractivity contribution in [3.63, 3.8) is 0 Å². The van der Waals surface area contributed by atoms with Crippen LogP contribution >= 0.6 is 0 Å². The third-order valence-electron chi connectivity index (χ3n) is 2.30. The predicted molar refractivity (Wildman–Crippen MR) is 69.8 cm³/mol. The van der Waals surface area contributed by atoms with Gasteiger partial charge in [-0.15, -0.1) is 0 Å². The number of methoxy groups -OCH3 is 1. The van der Waals surface area contributed by atoms with Crippen LogP contribution < -0.4 is 4.74 Å². The summed E-state index contributed by atoms with van der Waals surface area (Å²) in [6.07, 6.45) is 0. The largest absolute Gasteiger partial charge is 0.493 e. The molecule has 3 heteroatoms. The van der Waals surface area contributed by atoms with Crippen LogP contribution in [-0.2, 0) is 4.74 Å². The molecule has 0 spiro atoms. The Morgan fingerprint density at radius 1 is 1.18 bits per heavy atom. The summed E-state index contributed by atoms with van der Waals surface area (Å²) in [6, 6.07) is 3.66. The number of ether oxygens (including phenoxy) is 2. The number of hydrogen-bond donors (Lipinski definition) is 0. The molecular formula is C14H22O3. The van der Waals surface area contributed by atoms with Gasteiger partial charge in [-0.3, -0.25) is 0 Å². The number of esters is 1. The van der Waals surface area contributed by atoms with Crippen LogP contribution in [0.2, 0.25) is 0 Å². The van der Waals surface area contributed by atoms with Crippen molar-refractivity contribution in [2.45, 2.75) is 34.6 Å². The number of hydrogen-bond acceptors (Lipinski definition) is 3. The maximum atomic E-state index is 11.5. The minimum absolute atomic E-state index is 0.360. The highest BCUT2D eigenvalue weighted by Crippen LogP contribution is 2.23. The molecule has 0 fully saturated rings. The van der Waals surface area contributed by atoms with Gasteiger partial charge in [0.15, 0.2) is 0 Å². The standard InChI is InChI=1S/C12H16O3.C2H6/c1-5-15-11-7-9(3)8(2)6-10(11)12(13)14-4;1-2/h6-7H,5H2,1-4H3;1-2H3. The van der Waals surface area contributed by atoms with E-state index in [2.05, 4.69) is 0 Å². The zero-order valence-electron chi connectivity index (χ0n) is 11.6. The topological polar surface area (TPSA) is 35.5 Å². The van der Waals surface area contributed by atoms with Crippen molar-refractivity contribution in [2.75, 3.05) is 13.7 Å². The molecule has 3 nitrogen and oxygen atoms in total. The van der Waals surface area contributed by atoms with Crippen LogP contribution in [0.5, 0.6) is 5.75 Å². The zero-order valence-corrected chi connectivity index (χ0v) is 11.6. The molecule has 0 N–H and O–H groups in total. The van der Waals surface area contributed by atoms with E-state index in [1.165, 1.54) is 7.11 Å². The number of carbonyl (C=O) groups is 1. The molecule has 1 rings (SSSR count). The normalized spacial score (nSPS) is 9.06. The van der Waals surface area contributed by atoms with Gasteiger partial charge < -0.3 is 9.47 Å². The average Bonchev–Trinajstić information content (AvgIpc) is 2.35. The molecule has 96 valence electrons. The Morgan fingerprint density at radius 2 is 1.71 bits per heavy atom. The maximum absolute atomic E-state index is 11.5. The molecule has 1 aromatic rings. The molecule has 0 saturated heterocycles. The number of rotatable bonds is 3. The highest BCUT2D eigenvalue weighted by molar-refractivity contribution is 5.92. The minimum Gasteiger partial charge on any atom is -0.493 e. The molecule has 17 heavy (non-hydrogen) atoms. The van der Waals surface area contributed by atoms with Crippen LogP contribution in [0.25, 0.3) is 0 Å². The molecule has 0 amide bonds. The summed E-state index contributed by atoms with van der Waals surface area (Å²) in [5, 5.41) is 0. The van der Waals surface area contributed by atoms with E-state index in [4.69, 9.17) is 9.47 Å². The molecule has 0 unspecified atom stereocenters. The van der Waals surface area contributed by atoms with E-state index in [0.717, 1.165) is 11.1 Å². The Hall–Kier alpha value is -1.51. The lowest BCUT2D eigenvalue weighted by atomic mass is 10.1. The van der Waals surface area contributed by atoms with Crippen molar-refractivity contribution in [1.29, 1.82) is 0 Å². The predicted octanol–water partition coefficient (Wildman–Crippen LogP) is 3.51. The molecule has 0 aliphatic rings. The lowest BCUT2D eigenvalue weighted by Crippen LogP contribution is -2.06. The highest BCUT2D eigenvalue weighted by Gasteiger charge is 2.14. The Bertz CT molecular complexity index is 370. The maximum Gasteiger partial charge on any atom is 0.341 e. The average molecular weight is 238 g/mol. The Labute approximate surface area is 104 Å². The van der Waals surface area contributed by atoms with E-state index >= 15 is 0 Å². The molecule has 0 atom stereocenters. The Balaban J connectivity index is 0.00000121. The monoisotopic (exact) mass is 238 g/mol. The zero-order chi connectivity index (χ0) is 13.4. The van der Waals surface area contributed by atoms with Gasteiger partial charge >= 0.3 is 5.97 Å². The molecule has 0 bridgehead atoms. The Morgan fingerprint density at radius 3 is 2.18 bits per heavy atom. The summed E-state index contributed by atoms with van der Waals surface area (Å²) >= 11 is 0. The van der Waals surface area contributed by atoms with Gasteiger partial charge in [-0.25, -0.2) is 4.79 Å². The Kier molecular flexibility index (Phi) is 7.03. The van der Waals surface area contributed by atoms with E-state index in [1.54, 1.807) is 6.07 Å². The third-order valence-corrected chi connectivity index (χ3v) is 2.30. The van der Waals surface area contributed by atoms with Gasteiger partial charge in [0.2, 0.25) is 0 Å². The van der Waals surface area contributed by atoms with Crippen molar-refractivity contribution in [2.24, 2.45) is 0 Å². The minimum atomic E-state index is -0.360. The van der Waals surface area contributed by atoms with Gasteiger partial charge in [0.1, 0.15) is 11.3 Å². The van der Waals surface area contributed by atoms with Gasteiger partial charge in [0, 0.05) is 0 Å².